The first kappa shape index (κ1) is 23.1. The first-order chi connectivity index (χ1) is 16.2. The van der Waals surface area contributed by atoms with E-state index in [1.165, 1.54) is 41.9 Å². The summed E-state index contributed by atoms with van der Waals surface area (Å²) >= 11 is 0. The number of ether oxygens (including phenoxy) is 1. The molecule has 174 valence electrons. The molecular formula is C26H21F3N2O3. The van der Waals surface area contributed by atoms with Gasteiger partial charge in [-0.3, -0.25) is 4.79 Å². The van der Waals surface area contributed by atoms with Crippen LogP contribution in [0.1, 0.15) is 25.0 Å². The van der Waals surface area contributed by atoms with Crippen LogP contribution in [-0.2, 0) is 17.4 Å². The second-order valence-electron chi connectivity index (χ2n) is 7.62. The number of rotatable bonds is 5. The summed E-state index contributed by atoms with van der Waals surface area (Å²) in [5, 5.41) is 14.3. The largest absolute Gasteiger partial charge is 0.508 e. The zero-order chi connectivity index (χ0) is 24.5. The number of esters is 1. The zero-order valence-electron chi connectivity index (χ0n) is 18.4. The number of aromatic hydroxyl groups is 1. The lowest BCUT2D eigenvalue weighted by molar-refractivity contribution is -0.137. The Hall–Kier alpha value is -4.07. The average molecular weight is 466 g/mol. The molecule has 0 aliphatic carbocycles. The van der Waals surface area contributed by atoms with Crippen molar-refractivity contribution in [3.8, 4) is 39.7 Å². The normalized spacial score (nSPS) is 11.4. The van der Waals surface area contributed by atoms with Gasteiger partial charge in [-0.05, 0) is 67.1 Å². The molecule has 1 N–H and O–H groups in total. The second kappa shape index (κ2) is 9.05. The summed E-state index contributed by atoms with van der Waals surface area (Å²) in [6.45, 7) is 3.19. The molecule has 3 aromatic carbocycles. The van der Waals surface area contributed by atoms with E-state index in [1.807, 2.05) is 6.92 Å². The lowest BCUT2D eigenvalue weighted by Gasteiger charge is -2.15. The van der Waals surface area contributed by atoms with Crippen LogP contribution in [0.3, 0.4) is 0 Å². The van der Waals surface area contributed by atoms with Crippen LogP contribution >= 0.6 is 0 Å². The number of benzene rings is 3. The van der Waals surface area contributed by atoms with Crippen LogP contribution in [0.4, 0.5) is 13.2 Å². The van der Waals surface area contributed by atoms with Gasteiger partial charge < -0.3 is 9.84 Å². The smallest absolute Gasteiger partial charge is 0.418 e. The molecule has 0 amide bonds. The number of hydrogen-bond donors (Lipinski definition) is 1. The van der Waals surface area contributed by atoms with Crippen molar-refractivity contribution < 1.29 is 27.8 Å². The summed E-state index contributed by atoms with van der Waals surface area (Å²) in [6.07, 6.45) is -4.09. The molecule has 0 atom stereocenters. The van der Waals surface area contributed by atoms with Crippen molar-refractivity contribution in [1.29, 1.82) is 0 Å². The molecule has 0 spiro atoms. The molecule has 0 saturated carbocycles. The van der Waals surface area contributed by atoms with E-state index in [0.717, 1.165) is 11.6 Å². The minimum Gasteiger partial charge on any atom is -0.508 e. The molecule has 8 heteroatoms. The van der Waals surface area contributed by atoms with Gasteiger partial charge >= 0.3 is 12.1 Å². The summed E-state index contributed by atoms with van der Waals surface area (Å²) < 4.78 is 48.0. The van der Waals surface area contributed by atoms with Gasteiger partial charge in [-0.1, -0.05) is 19.1 Å². The molecule has 0 aliphatic rings. The fraction of sp³-hybridized carbons (Fsp3) is 0.154. The molecule has 34 heavy (non-hydrogen) atoms. The Labute approximate surface area is 194 Å². The first-order valence-corrected chi connectivity index (χ1v) is 10.6. The predicted molar refractivity (Wildman–Crippen MR) is 122 cm³/mol. The lowest BCUT2D eigenvalue weighted by Crippen LogP contribution is -2.12. The fourth-order valence-corrected chi connectivity index (χ4v) is 3.85. The van der Waals surface area contributed by atoms with Gasteiger partial charge in [0.25, 0.3) is 0 Å². The molecule has 0 radical (unpaired) electrons. The maximum atomic E-state index is 13.9. The first-order valence-electron chi connectivity index (χ1n) is 10.6. The topological polar surface area (TPSA) is 64.3 Å². The van der Waals surface area contributed by atoms with Gasteiger partial charge in [0.05, 0.1) is 22.6 Å². The molecule has 1 heterocycles. The van der Waals surface area contributed by atoms with Crippen LogP contribution in [0, 0.1) is 0 Å². The summed E-state index contributed by atoms with van der Waals surface area (Å²) in [6, 6.07) is 18.2. The SMILES string of the molecule is CCc1c(-c2ccc(O)cc2)nn(-c2ccccc2C(F)(F)F)c1-c1ccc(OC(C)=O)cc1. The Morgan fingerprint density at radius 3 is 2.18 bits per heavy atom. The fourth-order valence-electron chi connectivity index (χ4n) is 3.85. The molecule has 1 aromatic heterocycles. The van der Waals surface area contributed by atoms with Crippen LogP contribution in [0.15, 0.2) is 72.8 Å². The summed E-state index contributed by atoms with van der Waals surface area (Å²) in [7, 11) is 0. The van der Waals surface area contributed by atoms with Gasteiger partial charge in [0.2, 0.25) is 0 Å². The summed E-state index contributed by atoms with van der Waals surface area (Å²) in [5.41, 5.74) is 2.11. The van der Waals surface area contributed by atoms with E-state index in [0.29, 0.717) is 34.7 Å². The number of para-hydroxylation sites is 1. The molecule has 0 bridgehead atoms. The van der Waals surface area contributed by atoms with Gasteiger partial charge in [0, 0.05) is 23.6 Å². The second-order valence-corrected chi connectivity index (χ2v) is 7.62. The Balaban J connectivity index is 1.99. The maximum absolute atomic E-state index is 13.9. The standard InChI is InChI=1S/C26H21F3N2O3/c1-3-21-24(17-8-12-19(33)13-9-17)30-31(23-7-5-4-6-22(23)26(27,28)29)25(21)18-10-14-20(15-11-18)34-16(2)32/h4-15,33H,3H2,1-2H3. The number of hydrogen-bond acceptors (Lipinski definition) is 4. The van der Waals surface area contributed by atoms with Gasteiger partial charge in [-0.2, -0.15) is 18.3 Å². The number of halogens is 3. The highest BCUT2D eigenvalue weighted by atomic mass is 19.4. The minimum atomic E-state index is -4.58. The van der Waals surface area contributed by atoms with Crippen LogP contribution in [0.5, 0.6) is 11.5 Å². The number of alkyl halides is 3. The van der Waals surface area contributed by atoms with E-state index < -0.39 is 17.7 Å². The molecule has 0 aliphatic heterocycles. The van der Waals surface area contributed by atoms with Crippen LogP contribution < -0.4 is 4.74 Å². The van der Waals surface area contributed by atoms with Crippen molar-refractivity contribution >= 4 is 5.97 Å². The highest BCUT2D eigenvalue weighted by molar-refractivity contribution is 5.77. The number of aromatic nitrogens is 2. The Morgan fingerprint density at radius 2 is 1.59 bits per heavy atom. The van der Waals surface area contributed by atoms with Crippen molar-refractivity contribution in [2.75, 3.05) is 0 Å². The lowest BCUT2D eigenvalue weighted by atomic mass is 9.99. The highest BCUT2D eigenvalue weighted by Gasteiger charge is 2.35. The highest BCUT2D eigenvalue weighted by Crippen LogP contribution is 2.39. The Bertz CT molecular complexity index is 1330. The molecule has 4 rings (SSSR count). The zero-order valence-corrected chi connectivity index (χ0v) is 18.4. The van der Waals surface area contributed by atoms with Crippen LogP contribution in [-0.4, -0.2) is 20.9 Å². The summed E-state index contributed by atoms with van der Waals surface area (Å²) in [4.78, 5) is 11.3. The van der Waals surface area contributed by atoms with E-state index in [4.69, 9.17) is 4.74 Å². The molecule has 4 aromatic rings. The van der Waals surface area contributed by atoms with Gasteiger partial charge in [0.15, 0.2) is 0 Å². The van der Waals surface area contributed by atoms with E-state index in [1.54, 1.807) is 36.4 Å². The van der Waals surface area contributed by atoms with E-state index >= 15 is 0 Å². The molecule has 0 fully saturated rings. The summed E-state index contributed by atoms with van der Waals surface area (Å²) in [5.74, 6) is -0.0690. The molecule has 0 saturated heterocycles. The van der Waals surface area contributed by atoms with E-state index in [2.05, 4.69) is 5.10 Å². The number of carbonyl (C=O) groups is 1. The van der Waals surface area contributed by atoms with E-state index in [9.17, 15) is 23.1 Å². The van der Waals surface area contributed by atoms with Crippen molar-refractivity contribution in [2.45, 2.75) is 26.4 Å². The van der Waals surface area contributed by atoms with Crippen molar-refractivity contribution in [1.82, 2.24) is 9.78 Å². The van der Waals surface area contributed by atoms with Gasteiger partial charge in [0.1, 0.15) is 11.5 Å². The van der Waals surface area contributed by atoms with Gasteiger partial charge in [-0.25, -0.2) is 4.68 Å². The third-order valence-electron chi connectivity index (χ3n) is 5.30. The molecule has 0 unspecified atom stereocenters. The third kappa shape index (κ3) is 4.52. The maximum Gasteiger partial charge on any atom is 0.418 e. The number of carbonyl (C=O) groups excluding carboxylic acids is 1. The predicted octanol–water partition coefficient (Wildman–Crippen LogP) is 6.42. The van der Waals surface area contributed by atoms with E-state index in [-0.39, 0.29) is 11.4 Å². The van der Waals surface area contributed by atoms with Crippen LogP contribution in [0.25, 0.3) is 28.2 Å². The quantitative estimate of drug-likeness (QED) is 0.272. The number of phenols is 1. The molecule has 5 nitrogen and oxygen atoms in total. The van der Waals surface area contributed by atoms with Crippen molar-refractivity contribution in [3.05, 3.63) is 83.9 Å². The Kier molecular flexibility index (Phi) is 6.15. The minimum absolute atomic E-state index is 0.0740. The van der Waals surface area contributed by atoms with Crippen molar-refractivity contribution in [3.63, 3.8) is 0 Å². The number of phenolic OH excluding ortho intramolecular Hbond substituents is 1. The average Bonchev–Trinajstić information content (AvgIpc) is 3.18. The number of nitrogens with zero attached hydrogens (tertiary/aromatic N) is 2. The third-order valence-corrected chi connectivity index (χ3v) is 5.30. The monoisotopic (exact) mass is 466 g/mol. The van der Waals surface area contributed by atoms with Gasteiger partial charge in [-0.15, -0.1) is 0 Å². The molecular weight excluding hydrogens is 445 g/mol. The Morgan fingerprint density at radius 1 is 0.971 bits per heavy atom. The van der Waals surface area contributed by atoms with Crippen molar-refractivity contribution in [2.24, 2.45) is 0 Å². The van der Waals surface area contributed by atoms with Crippen LogP contribution in [0.2, 0.25) is 0 Å².